The Kier molecular flexibility index (Phi) is 3.05. The molecule has 2 heterocycles. The maximum absolute atomic E-state index is 8.81. The highest BCUT2D eigenvalue weighted by atomic mass is 15.0. The largest absolute Gasteiger partial charge is 0.363 e. The van der Waals surface area contributed by atoms with E-state index in [1.54, 1.807) is 12.1 Å². The zero-order valence-electron chi connectivity index (χ0n) is 11.0. The summed E-state index contributed by atoms with van der Waals surface area (Å²) < 4.78 is 0. The molecule has 0 saturated carbocycles. The van der Waals surface area contributed by atoms with Crippen LogP contribution in [0.25, 0.3) is 11.0 Å². The molecule has 0 saturated heterocycles. The molecule has 0 bridgehead atoms. The van der Waals surface area contributed by atoms with E-state index < -0.39 is 0 Å². The molecular formula is C15H13N5. The third kappa shape index (κ3) is 2.31. The van der Waals surface area contributed by atoms with Crippen LogP contribution in [0, 0.1) is 18.3 Å². The third-order valence-corrected chi connectivity index (χ3v) is 3.06. The fraction of sp³-hybridized carbons (Fsp3) is 0.133. The van der Waals surface area contributed by atoms with Crippen LogP contribution < -0.4 is 5.32 Å². The van der Waals surface area contributed by atoms with Gasteiger partial charge < -0.3 is 10.3 Å². The number of aryl methyl sites for hydroxylation is 1. The van der Waals surface area contributed by atoms with Crippen molar-refractivity contribution in [2.24, 2.45) is 0 Å². The molecule has 0 radical (unpaired) electrons. The molecule has 20 heavy (non-hydrogen) atoms. The molecule has 0 aliphatic heterocycles. The number of para-hydroxylation sites is 1. The van der Waals surface area contributed by atoms with E-state index in [0.29, 0.717) is 18.1 Å². The van der Waals surface area contributed by atoms with Crippen molar-refractivity contribution in [2.45, 2.75) is 13.5 Å². The lowest BCUT2D eigenvalue weighted by molar-refractivity contribution is 0.996. The summed E-state index contributed by atoms with van der Waals surface area (Å²) in [6, 6.07) is 13.4. The van der Waals surface area contributed by atoms with Crippen molar-refractivity contribution in [1.82, 2.24) is 15.0 Å². The molecule has 1 aromatic carbocycles. The first kappa shape index (κ1) is 12.2. The minimum Gasteiger partial charge on any atom is -0.363 e. The van der Waals surface area contributed by atoms with Crippen LogP contribution in [0.1, 0.15) is 17.1 Å². The number of aromatic nitrogens is 3. The van der Waals surface area contributed by atoms with Crippen LogP contribution in [0.5, 0.6) is 0 Å². The summed E-state index contributed by atoms with van der Waals surface area (Å²) in [4.78, 5) is 12.0. The van der Waals surface area contributed by atoms with Crippen molar-refractivity contribution in [2.75, 3.05) is 5.32 Å². The van der Waals surface area contributed by atoms with Gasteiger partial charge >= 0.3 is 0 Å². The van der Waals surface area contributed by atoms with Crippen LogP contribution in [0.4, 0.5) is 5.82 Å². The number of hydrogen-bond donors (Lipinski definition) is 2. The molecule has 0 aliphatic rings. The lowest BCUT2D eigenvalue weighted by Crippen LogP contribution is -2.03. The number of anilines is 1. The highest BCUT2D eigenvalue weighted by Gasteiger charge is 2.05. The van der Waals surface area contributed by atoms with E-state index >= 15 is 0 Å². The van der Waals surface area contributed by atoms with E-state index in [2.05, 4.69) is 20.3 Å². The number of benzene rings is 1. The SMILES string of the molecule is Cc1cccc2[nH]c(CNc3cccc(C#N)n3)nc12. The topological polar surface area (TPSA) is 77.4 Å². The summed E-state index contributed by atoms with van der Waals surface area (Å²) in [6.07, 6.45) is 0. The molecule has 5 heteroatoms. The molecule has 0 atom stereocenters. The lowest BCUT2D eigenvalue weighted by atomic mass is 10.2. The van der Waals surface area contributed by atoms with Crippen LogP contribution in [-0.2, 0) is 6.54 Å². The summed E-state index contributed by atoms with van der Waals surface area (Å²) in [5, 5.41) is 12.0. The number of rotatable bonds is 3. The van der Waals surface area contributed by atoms with Crippen molar-refractivity contribution in [3.8, 4) is 6.07 Å². The fourth-order valence-electron chi connectivity index (χ4n) is 2.08. The van der Waals surface area contributed by atoms with Gasteiger partial charge in [-0.2, -0.15) is 5.26 Å². The van der Waals surface area contributed by atoms with Crippen molar-refractivity contribution in [3.05, 3.63) is 53.5 Å². The Morgan fingerprint density at radius 1 is 1.20 bits per heavy atom. The fourth-order valence-corrected chi connectivity index (χ4v) is 2.08. The average Bonchev–Trinajstić information content (AvgIpc) is 2.90. The summed E-state index contributed by atoms with van der Waals surface area (Å²) >= 11 is 0. The number of aromatic amines is 1. The maximum atomic E-state index is 8.81. The first-order valence-electron chi connectivity index (χ1n) is 6.31. The predicted molar refractivity (Wildman–Crippen MR) is 77.1 cm³/mol. The highest BCUT2D eigenvalue weighted by molar-refractivity contribution is 5.78. The van der Waals surface area contributed by atoms with Crippen LogP contribution in [0.3, 0.4) is 0 Å². The monoisotopic (exact) mass is 263 g/mol. The Morgan fingerprint density at radius 2 is 2.05 bits per heavy atom. The predicted octanol–water partition coefficient (Wildman–Crippen LogP) is 2.75. The van der Waals surface area contributed by atoms with Gasteiger partial charge in [0.2, 0.25) is 0 Å². The van der Waals surface area contributed by atoms with Gasteiger partial charge in [0.15, 0.2) is 0 Å². The van der Waals surface area contributed by atoms with Gasteiger partial charge in [0, 0.05) is 0 Å². The quantitative estimate of drug-likeness (QED) is 0.761. The standard InChI is InChI=1S/C15H13N5/c1-10-4-2-6-12-15(10)20-14(19-12)9-17-13-7-3-5-11(8-16)18-13/h2-7H,9H2,1H3,(H,17,18)(H,19,20). The van der Waals surface area contributed by atoms with E-state index in [0.717, 1.165) is 22.4 Å². The van der Waals surface area contributed by atoms with Gasteiger partial charge in [0.25, 0.3) is 0 Å². The highest BCUT2D eigenvalue weighted by Crippen LogP contribution is 2.16. The summed E-state index contributed by atoms with van der Waals surface area (Å²) in [5.41, 5.74) is 3.56. The molecule has 0 aliphatic carbocycles. The van der Waals surface area contributed by atoms with Crippen LogP contribution in [-0.4, -0.2) is 15.0 Å². The summed E-state index contributed by atoms with van der Waals surface area (Å²) in [7, 11) is 0. The Morgan fingerprint density at radius 3 is 2.85 bits per heavy atom. The van der Waals surface area contributed by atoms with Gasteiger partial charge in [-0.25, -0.2) is 9.97 Å². The number of nitriles is 1. The molecule has 0 amide bonds. The normalized spacial score (nSPS) is 10.4. The first-order valence-corrected chi connectivity index (χ1v) is 6.31. The minimum absolute atomic E-state index is 0.399. The van der Waals surface area contributed by atoms with E-state index in [1.165, 1.54) is 0 Å². The van der Waals surface area contributed by atoms with Gasteiger partial charge in [-0.15, -0.1) is 0 Å². The number of pyridine rings is 1. The molecule has 3 rings (SSSR count). The Bertz CT molecular complexity index is 797. The van der Waals surface area contributed by atoms with E-state index in [9.17, 15) is 0 Å². The number of nitrogens with zero attached hydrogens (tertiary/aromatic N) is 3. The van der Waals surface area contributed by atoms with Crippen molar-refractivity contribution >= 4 is 16.9 Å². The molecule has 2 N–H and O–H groups in total. The maximum Gasteiger partial charge on any atom is 0.142 e. The number of hydrogen-bond acceptors (Lipinski definition) is 4. The molecular weight excluding hydrogens is 250 g/mol. The number of nitrogens with one attached hydrogen (secondary N) is 2. The molecule has 5 nitrogen and oxygen atoms in total. The van der Waals surface area contributed by atoms with E-state index in [1.807, 2.05) is 37.3 Å². The van der Waals surface area contributed by atoms with Crippen molar-refractivity contribution < 1.29 is 0 Å². The Labute approximate surface area is 116 Å². The second-order valence-electron chi connectivity index (χ2n) is 4.53. The molecule has 0 fully saturated rings. The van der Waals surface area contributed by atoms with Gasteiger partial charge in [-0.3, -0.25) is 0 Å². The molecule has 0 unspecified atom stereocenters. The van der Waals surface area contributed by atoms with Crippen LogP contribution in [0.2, 0.25) is 0 Å². The smallest absolute Gasteiger partial charge is 0.142 e. The van der Waals surface area contributed by atoms with E-state index in [4.69, 9.17) is 5.26 Å². The number of H-pyrrole nitrogens is 1. The van der Waals surface area contributed by atoms with Gasteiger partial charge in [-0.05, 0) is 30.7 Å². The van der Waals surface area contributed by atoms with Gasteiger partial charge in [0.05, 0.1) is 17.6 Å². The minimum atomic E-state index is 0.399. The van der Waals surface area contributed by atoms with E-state index in [-0.39, 0.29) is 0 Å². The summed E-state index contributed by atoms with van der Waals surface area (Å²) in [5.74, 6) is 1.51. The van der Waals surface area contributed by atoms with Crippen molar-refractivity contribution in [1.29, 1.82) is 5.26 Å². The summed E-state index contributed by atoms with van der Waals surface area (Å²) in [6.45, 7) is 2.58. The molecule has 3 aromatic rings. The third-order valence-electron chi connectivity index (χ3n) is 3.06. The Balaban J connectivity index is 1.80. The average molecular weight is 263 g/mol. The molecule has 0 spiro atoms. The second-order valence-corrected chi connectivity index (χ2v) is 4.53. The second kappa shape index (κ2) is 5.02. The van der Waals surface area contributed by atoms with Crippen LogP contribution >= 0.6 is 0 Å². The zero-order valence-corrected chi connectivity index (χ0v) is 11.0. The zero-order chi connectivity index (χ0) is 13.9. The van der Waals surface area contributed by atoms with Crippen molar-refractivity contribution in [3.63, 3.8) is 0 Å². The van der Waals surface area contributed by atoms with Gasteiger partial charge in [-0.1, -0.05) is 18.2 Å². The molecule has 2 aromatic heterocycles. The Hall–Kier alpha value is -2.87. The lowest BCUT2D eigenvalue weighted by Gasteiger charge is -2.02. The number of imidazole rings is 1. The van der Waals surface area contributed by atoms with Crippen LogP contribution in [0.15, 0.2) is 36.4 Å². The number of fused-ring (bicyclic) bond motifs is 1. The molecule has 98 valence electrons. The first-order chi connectivity index (χ1) is 9.76. The van der Waals surface area contributed by atoms with Gasteiger partial charge in [0.1, 0.15) is 23.4 Å².